The third-order valence-electron chi connectivity index (χ3n) is 4.63. The number of rotatable bonds is 3. The number of nitrogens with one attached hydrogen (secondary N) is 1. The molecule has 2 N–H and O–H groups in total. The Labute approximate surface area is 156 Å². The molecule has 4 rings (SSSR count). The number of aromatic nitrogens is 3. The molecule has 0 bridgehead atoms. The van der Waals surface area contributed by atoms with Crippen LogP contribution in [0.4, 0.5) is 11.4 Å². The summed E-state index contributed by atoms with van der Waals surface area (Å²) < 4.78 is 1.92. The van der Waals surface area contributed by atoms with Crippen LogP contribution >= 0.6 is 11.6 Å². The Morgan fingerprint density at radius 1 is 1.19 bits per heavy atom. The van der Waals surface area contributed by atoms with Gasteiger partial charge < -0.3 is 15.4 Å². The minimum Gasteiger partial charge on any atom is -0.390 e. The van der Waals surface area contributed by atoms with E-state index in [1.54, 1.807) is 0 Å². The summed E-state index contributed by atoms with van der Waals surface area (Å²) in [7, 11) is 0. The maximum absolute atomic E-state index is 9.35. The first-order chi connectivity index (χ1) is 12.6. The van der Waals surface area contributed by atoms with Crippen LogP contribution in [0, 0.1) is 12.3 Å². The molecule has 0 saturated carbocycles. The average molecular weight is 368 g/mol. The molecule has 0 unspecified atom stereocenters. The van der Waals surface area contributed by atoms with Crippen molar-refractivity contribution in [2.75, 3.05) is 18.1 Å². The van der Waals surface area contributed by atoms with Crippen LogP contribution in [-0.2, 0) is 6.54 Å². The number of aryl methyl sites for hydroxylation is 1. The zero-order chi connectivity index (χ0) is 18.3. The maximum atomic E-state index is 9.35. The normalized spacial score (nSPS) is 13.1. The van der Waals surface area contributed by atoms with E-state index in [1.165, 1.54) is 0 Å². The van der Waals surface area contributed by atoms with Crippen molar-refractivity contribution in [3.63, 3.8) is 0 Å². The number of hydrogen-bond acceptors (Lipinski definition) is 5. The predicted octanol–water partition coefficient (Wildman–Crippen LogP) is 3.42. The summed E-state index contributed by atoms with van der Waals surface area (Å²) in [6, 6.07) is 13.5. The molecule has 1 aromatic heterocycles. The number of hydrogen-bond donors (Lipinski definition) is 2. The van der Waals surface area contributed by atoms with Gasteiger partial charge in [0.05, 0.1) is 35.9 Å². The fourth-order valence-electron chi connectivity index (χ4n) is 3.33. The quantitative estimate of drug-likeness (QED) is 0.695. The number of aliphatic hydroxyl groups excluding tert-OH is 1. The van der Waals surface area contributed by atoms with Gasteiger partial charge in [-0.3, -0.25) is 0 Å². The lowest BCUT2D eigenvalue weighted by Gasteiger charge is -2.25. The Balaban J connectivity index is 1.92. The second kappa shape index (κ2) is 6.55. The van der Waals surface area contributed by atoms with Crippen molar-refractivity contribution in [3.05, 3.63) is 58.7 Å². The molecule has 132 valence electrons. The Kier molecular flexibility index (Phi) is 4.22. The summed E-state index contributed by atoms with van der Waals surface area (Å²) >= 11 is 6.05. The van der Waals surface area contributed by atoms with Gasteiger partial charge >= 0.3 is 0 Å². The molecule has 0 radical (unpaired) electrons. The molecule has 0 fully saturated rings. The summed E-state index contributed by atoms with van der Waals surface area (Å²) in [6.07, 6.45) is 0. The Morgan fingerprint density at radius 3 is 2.69 bits per heavy atom. The van der Waals surface area contributed by atoms with Gasteiger partial charge in [-0.1, -0.05) is 22.9 Å². The van der Waals surface area contributed by atoms with E-state index in [0.29, 0.717) is 23.7 Å². The SMILES string of the molecule is Cc1nnn2c1-c1ccc(C(=N)CO)cc1N(c1ccc(Cl)cc1)CC2. The molecule has 1 aliphatic heterocycles. The average Bonchev–Trinajstić information content (AvgIpc) is 2.94. The van der Waals surface area contributed by atoms with Gasteiger partial charge in [0.25, 0.3) is 0 Å². The minimum atomic E-state index is -0.293. The molecule has 26 heavy (non-hydrogen) atoms. The lowest BCUT2D eigenvalue weighted by Crippen LogP contribution is -2.21. The van der Waals surface area contributed by atoms with Gasteiger partial charge in [-0.05, 0) is 48.9 Å². The van der Waals surface area contributed by atoms with E-state index in [0.717, 1.165) is 28.3 Å². The summed E-state index contributed by atoms with van der Waals surface area (Å²) in [5.74, 6) is 0. The van der Waals surface area contributed by atoms with E-state index in [2.05, 4.69) is 15.2 Å². The third-order valence-corrected chi connectivity index (χ3v) is 4.88. The van der Waals surface area contributed by atoms with Crippen molar-refractivity contribution in [1.29, 1.82) is 5.41 Å². The standard InChI is InChI=1S/C19H18ClN5O/c1-12-19-16-7-2-13(17(21)11-26)10-18(16)24(8-9-25(19)23-22-12)15-5-3-14(20)4-6-15/h2-7,10,21,26H,8-9,11H2,1H3. The number of fused-ring (bicyclic) bond motifs is 3. The smallest absolute Gasteiger partial charge is 0.0936 e. The number of halogens is 1. The largest absolute Gasteiger partial charge is 0.390 e. The van der Waals surface area contributed by atoms with E-state index >= 15 is 0 Å². The highest BCUT2D eigenvalue weighted by atomic mass is 35.5. The number of benzene rings is 2. The molecular weight excluding hydrogens is 350 g/mol. The molecule has 2 aromatic carbocycles. The van der Waals surface area contributed by atoms with Gasteiger partial charge in [0, 0.05) is 22.8 Å². The molecule has 0 saturated heterocycles. The summed E-state index contributed by atoms with van der Waals surface area (Å²) in [5.41, 5.74) is 5.73. The van der Waals surface area contributed by atoms with E-state index in [4.69, 9.17) is 17.0 Å². The van der Waals surface area contributed by atoms with Crippen LogP contribution in [0.15, 0.2) is 42.5 Å². The van der Waals surface area contributed by atoms with Crippen LogP contribution < -0.4 is 4.90 Å². The van der Waals surface area contributed by atoms with Crippen LogP contribution in [0.5, 0.6) is 0 Å². The molecule has 2 heterocycles. The molecule has 3 aromatic rings. The highest BCUT2D eigenvalue weighted by molar-refractivity contribution is 6.30. The summed E-state index contributed by atoms with van der Waals surface area (Å²) in [5, 5.41) is 26.5. The minimum absolute atomic E-state index is 0.191. The second-order valence-electron chi connectivity index (χ2n) is 6.24. The number of aliphatic hydroxyl groups is 1. The molecule has 0 amide bonds. The van der Waals surface area contributed by atoms with Crippen LogP contribution in [0.2, 0.25) is 5.02 Å². The molecule has 0 atom stereocenters. The van der Waals surface area contributed by atoms with Crippen molar-refractivity contribution < 1.29 is 5.11 Å². The second-order valence-corrected chi connectivity index (χ2v) is 6.68. The predicted molar refractivity (Wildman–Crippen MR) is 103 cm³/mol. The molecule has 0 aliphatic carbocycles. The molecule has 7 heteroatoms. The first-order valence-corrected chi connectivity index (χ1v) is 8.72. The zero-order valence-electron chi connectivity index (χ0n) is 14.3. The Morgan fingerprint density at radius 2 is 1.96 bits per heavy atom. The van der Waals surface area contributed by atoms with E-state index in [1.807, 2.05) is 54.1 Å². The third kappa shape index (κ3) is 2.77. The molecular formula is C19H18ClN5O. The Hall–Kier alpha value is -2.70. The monoisotopic (exact) mass is 367 g/mol. The van der Waals surface area contributed by atoms with Crippen LogP contribution in [0.3, 0.4) is 0 Å². The van der Waals surface area contributed by atoms with E-state index < -0.39 is 0 Å². The Bertz CT molecular complexity index is 980. The molecule has 1 aliphatic rings. The lowest BCUT2D eigenvalue weighted by molar-refractivity contribution is 0.357. The molecule has 6 nitrogen and oxygen atoms in total. The maximum Gasteiger partial charge on any atom is 0.0936 e. The summed E-state index contributed by atoms with van der Waals surface area (Å²) in [6.45, 7) is 3.06. The van der Waals surface area contributed by atoms with Crippen molar-refractivity contribution in [2.24, 2.45) is 0 Å². The van der Waals surface area contributed by atoms with Gasteiger partial charge in [-0.2, -0.15) is 0 Å². The topological polar surface area (TPSA) is 78.0 Å². The molecule has 0 spiro atoms. The number of nitrogens with zero attached hydrogens (tertiary/aromatic N) is 4. The highest BCUT2D eigenvalue weighted by Gasteiger charge is 2.24. The van der Waals surface area contributed by atoms with Crippen molar-refractivity contribution in [2.45, 2.75) is 13.5 Å². The van der Waals surface area contributed by atoms with Crippen LogP contribution in [-0.4, -0.2) is 39.0 Å². The van der Waals surface area contributed by atoms with Gasteiger partial charge in [0.15, 0.2) is 0 Å². The fraction of sp³-hybridized carbons (Fsp3) is 0.211. The lowest BCUT2D eigenvalue weighted by atomic mass is 10.0. The van der Waals surface area contributed by atoms with Gasteiger partial charge in [0.1, 0.15) is 0 Å². The van der Waals surface area contributed by atoms with Crippen molar-refractivity contribution in [1.82, 2.24) is 15.0 Å². The van der Waals surface area contributed by atoms with Crippen molar-refractivity contribution >= 4 is 28.7 Å². The van der Waals surface area contributed by atoms with E-state index in [9.17, 15) is 5.11 Å². The highest BCUT2D eigenvalue weighted by Crippen LogP contribution is 2.39. The zero-order valence-corrected chi connectivity index (χ0v) is 15.0. The first kappa shape index (κ1) is 16.8. The summed E-state index contributed by atoms with van der Waals surface area (Å²) in [4.78, 5) is 2.19. The van der Waals surface area contributed by atoms with Crippen LogP contribution in [0.1, 0.15) is 11.3 Å². The van der Waals surface area contributed by atoms with Crippen LogP contribution in [0.25, 0.3) is 11.3 Å². The van der Waals surface area contributed by atoms with Crippen molar-refractivity contribution in [3.8, 4) is 11.3 Å². The van der Waals surface area contributed by atoms with E-state index in [-0.39, 0.29) is 12.3 Å². The van der Waals surface area contributed by atoms with Gasteiger partial charge in [0.2, 0.25) is 0 Å². The number of anilines is 2. The first-order valence-electron chi connectivity index (χ1n) is 8.35. The fourth-order valence-corrected chi connectivity index (χ4v) is 3.45. The van der Waals surface area contributed by atoms with Gasteiger partial charge in [-0.15, -0.1) is 5.10 Å². The van der Waals surface area contributed by atoms with Gasteiger partial charge in [-0.25, -0.2) is 4.68 Å².